The van der Waals surface area contributed by atoms with Crippen molar-refractivity contribution in [1.82, 2.24) is 9.62 Å². The van der Waals surface area contributed by atoms with Gasteiger partial charge in [-0.05, 0) is 47.8 Å². The van der Waals surface area contributed by atoms with Gasteiger partial charge >= 0.3 is 5.97 Å². The highest BCUT2D eigenvalue weighted by Gasteiger charge is 2.32. The summed E-state index contributed by atoms with van der Waals surface area (Å²) in [6, 6.07) is 9.21. The molecular formula is C20H22N2O5S2. The normalized spacial score (nSPS) is 16.8. The minimum atomic E-state index is -3.82. The van der Waals surface area contributed by atoms with Gasteiger partial charge in [0.1, 0.15) is 16.3 Å². The smallest absolute Gasteiger partial charge is 0.325 e. The molecule has 9 heteroatoms. The Balaban J connectivity index is 1.43. The summed E-state index contributed by atoms with van der Waals surface area (Å²) in [7, 11) is -3.82. The number of carbonyl (C=O) groups is 2. The lowest BCUT2D eigenvalue weighted by molar-refractivity contribution is -0.142. The summed E-state index contributed by atoms with van der Waals surface area (Å²) < 4.78 is 32.8. The second-order valence-electron chi connectivity index (χ2n) is 7.28. The van der Waals surface area contributed by atoms with Crippen LogP contribution in [0.15, 0.2) is 40.6 Å². The van der Waals surface area contributed by atoms with Crippen molar-refractivity contribution in [3.8, 4) is 0 Å². The molecule has 2 aliphatic rings. The molecule has 1 N–H and O–H groups in total. The molecule has 2 aromatic rings. The number of carbonyl (C=O) groups excluding carboxylic acids is 2. The van der Waals surface area contributed by atoms with Gasteiger partial charge in [0.05, 0.1) is 6.61 Å². The van der Waals surface area contributed by atoms with Gasteiger partial charge in [-0.3, -0.25) is 9.59 Å². The SMILES string of the molecule is O=C(CNC(=O)c1sccc1S(=O)(=O)N1CCc2ccccc2C1)OCC1CC1. The lowest BCUT2D eigenvalue weighted by Gasteiger charge is -2.28. The standard InChI is InChI=1S/C20H22N2O5S2/c23-18(27-13-14-5-6-14)11-21-20(24)19-17(8-10-28-19)29(25,26)22-9-7-15-3-1-2-4-16(15)12-22/h1-4,8,10,14H,5-7,9,11-13H2,(H,21,24). The van der Waals surface area contributed by atoms with Crippen molar-refractivity contribution in [3.63, 3.8) is 0 Å². The number of fused-ring (bicyclic) bond motifs is 1. The van der Waals surface area contributed by atoms with Crippen molar-refractivity contribution in [2.24, 2.45) is 5.92 Å². The van der Waals surface area contributed by atoms with Crippen LogP contribution in [-0.2, 0) is 32.5 Å². The van der Waals surface area contributed by atoms with Crippen LogP contribution in [0.5, 0.6) is 0 Å². The molecule has 0 unspecified atom stereocenters. The summed E-state index contributed by atoms with van der Waals surface area (Å²) in [4.78, 5) is 24.3. The number of hydrogen-bond donors (Lipinski definition) is 1. The van der Waals surface area contributed by atoms with Crippen molar-refractivity contribution in [2.75, 3.05) is 19.7 Å². The van der Waals surface area contributed by atoms with Gasteiger partial charge in [0.25, 0.3) is 5.91 Å². The first-order valence-electron chi connectivity index (χ1n) is 9.53. The van der Waals surface area contributed by atoms with Crippen molar-refractivity contribution >= 4 is 33.2 Å². The number of benzene rings is 1. The quantitative estimate of drug-likeness (QED) is 0.675. The molecule has 1 fully saturated rings. The Hall–Kier alpha value is -2.23. The third-order valence-electron chi connectivity index (χ3n) is 5.12. The van der Waals surface area contributed by atoms with E-state index in [0.717, 1.165) is 35.3 Å². The fraction of sp³-hybridized carbons (Fsp3) is 0.400. The van der Waals surface area contributed by atoms with Crippen molar-refractivity contribution in [3.05, 3.63) is 51.7 Å². The van der Waals surface area contributed by atoms with Crippen LogP contribution in [0.3, 0.4) is 0 Å². The van der Waals surface area contributed by atoms with E-state index in [1.54, 1.807) is 5.38 Å². The van der Waals surface area contributed by atoms with E-state index in [-0.39, 0.29) is 22.9 Å². The van der Waals surface area contributed by atoms with Crippen LogP contribution in [0.25, 0.3) is 0 Å². The molecule has 0 radical (unpaired) electrons. The number of sulfonamides is 1. The lowest BCUT2D eigenvalue weighted by atomic mass is 10.0. The molecule has 1 aromatic carbocycles. The molecule has 1 amide bonds. The van der Waals surface area contributed by atoms with Crippen LogP contribution in [0, 0.1) is 5.92 Å². The summed E-state index contributed by atoms with van der Waals surface area (Å²) in [5.41, 5.74) is 2.12. The van der Waals surface area contributed by atoms with E-state index < -0.39 is 21.9 Å². The molecule has 0 spiro atoms. The fourth-order valence-electron chi connectivity index (χ4n) is 3.26. The van der Waals surface area contributed by atoms with Gasteiger partial charge in [0.2, 0.25) is 10.0 Å². The van der Waals surface area contributed by atoms with Gasteiger partial charge in [-0.25, -0.2) is 8.42 Å². The first kappa shape index (κ1) is 20.1. The van der Waals surface area contributed by atoms with Crippen LogP contribution < -0.4 is 5.32 Å². The van der Waals surface area contributed by atoms with Crippen LogP contribution in [0.2, 0.25) is 0 Å². The molecule has 1 aliphatic heterocycles. The molecule has 1 aromatic heterocycles. The molecule has 154 valence electrons. The molecule has 0 atom stereocenters. The van der Waals surface area contributed by atoms with Crippen molar-refractivity contribution < 1.29 is 22.7 Å². The zero-order chi connectivity index (χ0) is 20.4. The number of rotatable bonds is 7. The minimum Gasteiger partial charge on any atom is -0.464 e. The Bertz CT molecular complexity index is 1030. The minimum absolute atomic E-state index is 0.0225. The van der Waals surface area contributed by atoms with E-state index in [1.165, 1.54) is 10.4 Å². The van der Waals surface area contributed by atoms with Crippen molar-refractivity contribution in [1.29, 1.82) is 0 Å². The number of esters is 1. The van der Waals surface area contributed by atoms with E-state index in [1.807, 2.05) is 24.3 Å². The third-order valence-corrected chi connectivity index (χ3v) is 8.05. The van der Waals surface area contributed by atoms with Gasteiger partial charge < -0.3 is 10.1 Å². The third kappa shape index (κ3) is 4.52. The summed E-state index contributed by atoms with van der Waals surface area (Å²) in [6.45, 7) is 0.746. The van der Waals surface area contributed by atoms with Gasteiger partial charge in [-0.1, -0.05) is 24.3 Å². The Morgan fingerprint density at radius 1 is 1.17 bits per heavy atom. The number of amides is 1. The Morgan fingerprint density at radius 2 is 1.93 bits per heavy atom. The summed E-state index contributed by atoms with van der Waals surface area (Å²) >= 11 is 1.04. The highest BCUT2D eigenvalue weighted by Crippen LogP contribution is 2.30. The number of nitrogens with zero attached hydrogens (tertiary/aromatic N) is 1. The van der Waals surface area contributed by atoms with Crippen LogP contribution in [-0.4, -0.2) is 44.3 Å². The molecule has 1 saturated carbocycles. The number of ether oxygens (including phenoxy) is 1. The lowest BCUT2D eigenvalue weighted by Crippen LogP contribution is -2.37. The monoisotopic (exact) mass is 434 g/mol. The summed E-state index contributed by atoms with van der Waals surface area (Å²) in [5, 5.41) is 4.05. The number of thiophene rings is 1. The van der Waals surface area contributed by atoms with Crippen molar-refractivity contribution in [2.45, 2.75) is 30.7 Å². The fourth-order valence-corrected chi connectivity index (χ4v) is 6.00. The average Bonchev–Trinajstić information content (AvgIpc) is 3.42. The Kier molecular flexibility index (Phi) is 5.71. The zero-order valence-corrected chi connectivity index (χ0v) is 17.4. The molecular weight excluding hydrogens is 412 g/mol. The van der Waals surface area contributed by atoms with Gasteiger partial charge in [-0.2, -0.15) is 4.31 Å². The first-order chi connectivity index (χ1) is 13.9. The predicted molar refractivity (Wildman–Crippen MR) is 108 cm³/mol. The van der Waals surface area contributed by atoms with E-state index in [0.29, 0.717) is 25.5 Å². The molecule has 2 heterocycles. The molecule has 1 aliphatic carbocycles. The van der Waals surface area contributed by atoms with Crippen LogP contribution in [0.1, 0.15) is 33.6 Å². The maximum absolute atomic E-state index is 13.2. The van der Waals surface area contributed by atoms with E-state index in [9.17, 15) is 18.0 Å². The largest absolute Gasteiger partial charge is 0.464 e. The molecule has 29 heavy (non-hydrogen) atoms. The first-order valence-corrected chi connectivity index (χ1v) is 11.9. The van der Waals surface area contributed by atoms with E-state index in [2.05, 4.69) is 5.32 Å². The molecule has 7 nitrogen and oxygen atoms in total. The average molecular weight is 435 g/mol. The summed E-state index contributed by atoms with van der Waals surface area (Å²) in [6.07, 6.45) is 2.77. The Morgan fingerprint density at radius 3 is 2.69 bits per heavy atom. The van der Waals surface area contributed by atoms with Gasteiger partial charge in [-0.15, -0.1) is 11.3 Å². The topological polar surface area (TPSA) is 92.8 Å². The maximum atomic E-state index is 13.2. The second kappa shape index (κ2) is 8.25. The van der Waals surface area contributed by atoms with Gasteiger partial charge in [0, 0.05) is 13.1 Å². The molecule has 0 bridgehead atoms. The van der Waals surface area contributed by atoms with Crippen LogP contribution >= 0.6 is 11.3 Å². The predicted octanol–water partition coefficient (Wildman–Crippen LogP) is 2.18. The zero-order valence-electron chi connectivity index (χ0n) is 15.8. The Labute approximate surface area is 173 Å². The van der Waals surface area contributed by atoms with Crippen LogP contribution in [0.4, 0.5) is 0 Å². The highest BCUT2D eigenvalue weighted by atomic mass is 32.2. The van der Waals surface area contributed by atoms with Gasteiger partial charge in [0.15, 0.2) is 0 Å². The number of nitrogens with one attached hydrogen (secondary N) is 1. The molecule has 0 saturated heterocycles. The van der Waals surface area contributed by atoms with E-state index >= 15 is 0 Å². The highest BCUT2D eigenvalue weighted by molar-refractivity contribution is 7.89. The second-order valence-corrected chi connectivity index (χ2v) is 10.1. The van der Waals surface area contributed by atoms with E-state index in [4.69, 9.17) is 4.74 Å². The number of hydrogen-bond acceptors (Lipinski definition) is 6. The maximum Gasteiger partial charge on any atom is 0.325 e. The summed E-state index contributed by atoms with van der Waals surface area (Å²) in [5.74, 6) is -0.656. The molecule has 4 rings (SSSR count).